The molecule has 0 aliphatic heterocycles. The van der Waals surface area contributed by atoms with Crippen molar-refractivity contribution < 1.29 is 18.7 Å². The van der Waals surface area contributed by atoms with Gasteiger partial charge in [-0.15, -0.1) is 0 Å². The highest BCUT2D eigenvalue weighted by molar-refractivity contribution is 5.87. The summed E-state index contributed by atoms with van der Waals surface area (Å²) in [6.45, 7) is 1.79. The Balaban J connectivity index is 1.99. The van der Waals surface area contributed by atoms with Gasteiger partial charge in [0.25, 0.3) is 5.91 Å². The number of benzene rings is 2. The fourth-order valence-electron chi connectivity index (χ4n) is 2.00. The Labute approximate surface area is 138 Å². The maximum Gasteiger partial charge on any atom is 0.262 e. The molecule has 0 aliphatic carbocycles. The number of anilines is 1. The topological polar surface area (TPSA) is 73.7 Å². The molecule has 7 heteroatoms. The molecule has 0 heterocycles. The number of halogens is 2. The van der Waals surface area contributed by atoms with Gasteiger partial charge in [-0.3, -0.25) is 4.79 Å². The molecular formula is C17H17F2N3O2. The van der Waals surface area contributed by atoms with Crippen LogP contribution in [0.2, 0.25) is 0 Å². The molecule has 0 bridgehead atoms. The summed E-state index contributed by atoms with van der Waals surface area (Å²) in [5.74, 6) is -1.53. The van der Waals surface area contributed by atoms with Gasteiger partial charge in [0.2, 0.25) is 0 Å². The predicted octanol–water partition coefficient (Wildman–Crippen LogP) is 3.01. The first-order valence-electron chi connectivity index (χ1n) is 7.33. The molecule has 3 N–H and O–H groups in total. The summed E-state index contributed by atoms with van der Waals surface area (Å²) < 4.78 is 26.3. The third-order valence-corrected chi connectivity index (χ3v) is 3.26. The number of hydrazone groups is 1. The number of phenolic OH excluding ortho intramolecular Hbond substituents is 1. The first-order valence-corrected chi connectivity index (χ1v) is 7.33. The van der Waals surface area contributed by atoms with Crippen LogP contribution in [0, 0.1) is 11.6 Å². The number of nitrogens with zero attached hydrogens (tertiary/aromatic N) is 1. The molecule has 0 spiro atoms. The quantitative estimate of drug-likeness (QED) is 0.562. The van der Waals surface area contributed by atoms with Crippen molar-refractivity contribution >= 4 is 17.8 Å². The van der Waals surface area contributed by atoms with Gasteiger partial charge in [0.05, 0.1) is 6.21 Å². The summed E-state index contributed by atoms with van der Waals surface area (Å²) in [5.41, 5.74) is 2.92. The van der Waals surface area contributed by atoms with Crippen LogP contribution in [0.1, 0.15) is 18.9 Å². The lowest BCUT2D eigenvalue weighted by Gasteiger charge is -2.16. The molecule has 5 nitrogen and oxygen atoms in total. The van der Waals surface area contributed by atoms with Crippen LogP contribution in [0.25, 0.3) is 0 Å². The van der Waals surface area contributed by atoms with Crippen LogP contribution in [0.3, 0.4) is 0 Å². The van der Waals surface area contributed by atoms with Crippen LogP contribution in [-0.4, -0.2) is 23.3 Å². The number of carbonyl (C=O) groups is 1. The fourth-order valence-corrected chi connectivity index (χ4v) is 2.00. The Bertz CT molecular complexity index is 750. The van der Waals surface area contributed by atoms with Gasteiger partial charge in [-0.2, -0.15) is 5.10 Å². The van der Waals surface area contributed by atoms with Crippen molar-refractivity contribution in [3.8, 4) is 5.75 Å². The average Bonchev–Trinajstić information content (AvgIpc) is 2.55. The smallest absolute Gasteiger partial charge is 0.262 e. The van der Waals surface area contributed by atoms with Gasteiger partial charge in [-0.05, 0) is 42.8 Å². The Morgan fingerprint density at radius 3 is 2.71 bits per heavy atom. The highest BCUT2D eigenvalue weighted by Crippen LogP contribution is 2.15. The van der Waals surface area contributed by atoms with E-state index in [-0.39, 0.29) is 11.3 Å². The number of phenols is 1. The van der Waals surface area contributed by atoms with Crippen LogP contribution < -0.4 is 10.7 Å². The summed E-state index contributed by atoms with van der Waals surface area (Å²) in [6.07, 6.45) is 1.59. The van der Waals surface area contributed by atoms with Crippen LogP contribution in [-0.2, 0) is 4.79 Å². The van der Waals surface area contributed by atoms with Crippen LogP contribution in [0.4, 0.5) is 14.5 Å². The van der Waals surface area contributed by atoms with Crippen molar-refractivity contribution in [1.29, 1.82) is 0 Å². The zero-order valence-electron chi connectivity index (χ0n) is 13.0. The number of hydrogen-bond donors (Lipinski definition) is 3. The SMILES string of the molecule is CCC(Nc1cccc(F)c1)C(=O)NN=Cc1cc(F)ccc1O. The van der Waals surface area contributed by atoms with E-state index in [1.165, 1.54) is 24.3 Å². The third-order valence-electron chi connectivity index (χ3n) is 3.26. The standard InChI is InChI=1S/C17H17F2N3O2/c1-2-15(21-14-5-3-4-12(18)9-14)17(24)22-20-10-11-8-13(19)6-7-16(11)23/h3-10,15,21,23H,2H2,1H3,(H,22,24). The van der Waals surface area contributed by atoms with Gasteiger partial charge >= 0.3 is 0 Å². The first-order chi connectivity index (χ1) is 11.5. The Morgan fingerprint density at radius 1 is 1.25 bits per heavy atom. The number of carbonyl (C=O) groups excluding carboxylic acids is 1. The van der Waals surface area contributed by atoms with E-state index in [1.807, 2.05) is 0 Å². The van der Waals surface area contributed by atoms with Gasteiger partial charge < -0.3 is 10.4 Å². The first kappa shape index (κ1) is 17.4. The normalized spacial score (nSPS) is 12.1. The van der Waals surface area contributed by atoms with Crippen LogP contribution >= 0.6 is 0 Å². The van der Waals surface area contributed by atoms with E-state index in [0.29, 0.717) is 12.1 Å². The summed E-state index contributed by atoms with van der Waals surface area (Å²) in [5, 5.41) is 16.2. The number of rotatable bonds is 6. The highest BCUT2D eigenvalue weighted by atomic mass is 19.1. The lowest BCUT2D eigenvalue weighted by Crippen LogP contribution is -2.36. The van der Waals surface area contributed by atoms with Gasteiger partial charge in [-0.25, -0.2) is 14.2 Å². The van der Waals surface area contributed by atoms with E-state index in [9.17, 15) is 18.7 Å². The second-order valence-electron chi connectivity index (χ2n) is 5.05. The third kappa shape index (κ3) is 4.77. The zero-order valence-corrected chi connectivity index (χ0v) is 13.0. The van der Waals surface area contributed by atoms with Crippen molar-refractivity contribution in [2.75, 3.05) is 5.32 Å². The predicted molar refractivity (Wildman–Crippen MR) is 87.9 cm³/mol. The largest absolute Gasteiger partial charge is 0.507 e. The number of amides is 1. The second kappa shape index (κ2) is 8.05. The van der Waals surface area contributed by atoms with Crippen molar-refractivity contribution in [3.63, 3.8) is 0 Å². The van der Waals surface area contributed by atoms with Gasteiger partial charge in [-0.1, -0.05) is 13.0 Å². The molecule has 1 unspecified atom stereocenters. The van der Waals surface area contributed by atoms with Crippen molar-refractivity contribution in [3.05, 3.63) is 59.7 Å². The maximum absolute atomic E-state index is 13.2. The fraction of sp³-hybridized carbons (Fsp3) is 0.176. The minimum atomic E-state index is -0.620. The average molecular weight is 333 g/mol. The number of nitrogens with one attached hydrogen (secondary N) is 2. The van der Waals surface area contributed by atoms with Crippen molar-refractivity contribution in [1.82, 2.24) is 5.43 Å². The monoisotopic (exact) mass is 333 g/mol. The van der Waals surface area contributed by atoms with Gasteiger partial charge in [0, 0.05) is 11.3 Å². The summed E-state index contributed by atoms with van der Waals surface area (Å²) in [6, 6.07) is 8.55. The summed E-state index contributed by atoms with van der Waals surface area (Å²) in [7, 11) is 0. The van der Waals surface area contributed by atoms with Crippen LogP contribution in [0.5, 0.6) is 5.75 Å². The Morgan fingerprint density at radius 2 is 2.00 bits per heavy atom. The summed E-state index contributed by atoms with van der Waals surface area (Å²) >= 11 is 0. The summed E-state index contributed by atoms with van der Waals surface area (Å²) in [4.78, 5) is 12.1. The van der Waals surface area contributed by atoms with Crippen LogP contribution in [0.15, 0.2) is 47.6 Å². The number of aromatic hydroxyl groups is 1. The molecule has 0 saturated heterocycles. The second-order valence-corrected chi connectivity index (χ2v) is 5.05. The zero-order chi connectivity index (χ0) is 17.5. The molecule has 2 aromatic carbocycles. The molecule has 2 aromatic rings. The number of hydrogen-bond acceptors (Lipinski definition) is 4. The Hall–Kier alpha value is -2.96. The highest BCUT2D eigenvalue weighted by Gasteiger charge is 2.15. The molecule has 0 fully saturated rings. The van der Waals surface area contributed by atoms with E-state index in [4.69, 9.17) is 0 Å². The van der Waals surface area contributed by atoms with E-state index >= 15 is 0 Å². The van der Waals surface area contributed by atoms with E-state index < -0.39 is 23.6 Å². The molecule has 0 radical (unpaired) electrons. The van der Waals surface area contributed by atoms with Crippen molar-refractivity contribution in [2.24, 2.45) is 5.10 Å². The molecule has 0 aromatic heterocycles. The molecular weight excluding hydrogens is 316 g/mol. The molecule has 24 heavy (non-hydrogen) atoms. The van der Waals surface area contributed by atoms with E-state index in [2.05, 4.69) is 15.8 Å². The molecule has 0 aliphatic rings. The van der Waals surface area contributed by atoms with Gasteiger partial charge in [0.15, 0.2) is 0 Å². The molecule has 126 valence electrons. The molecule has 1 atom stereocenters. The van der Waals surface area contributed by atoms with E-state index in [0.717, 1.165) is 18.3 Å². The maximum atomic E-state index is 13.2. The van der Waals surface area contributed by atoms with Crippen molar-refractivity contribution in [2.45, 2.75) is 19.4 Å². The molecule has 0 saturated carbocycles. The van der Waals surface area contributed by atoms with E-state index in [1.54, 1.807) is 13.0 Å². The lowest BCUT2D eigenvalue weighted by molar-refractivity contribution is -0.121. The molecule has 1 amide bonds. The minimum absolute atomic E-state index is 0.140. The lowest BCUT2D eigenvalue weighted by atomic mass is 10.2. The van der Waals surface area contributed by atoms with Gasteiger partial charge in [0.1, 0.15) is 23.4 Å². The minimum Gasteiger partial charge on any atom is -0.507 e. The Kier molecular flexibility index (Phi) is 5.83. The molecule has 2 rings (SSSR count).